The summed E-state index contributed by atoms with van der Waals surface area (Å²) in [6, 6.07) is 17.9. The summed E-state index contributed by atoms with van der Waals surface area (Å²) in [6.45, 7) is 0.715. The standard InChI is InChI=1S/C20H18ClN3O3S/c21-15-6-8-16(9-7-15)27-11-10-22-19(26)13-28-20-23-17(12-18(25)24-20)14-4-2-1-3-5-14/h1-9,12H,10-11,13H2,(H,22,26)(H,23,24,25). The Labute approximate surface area is 171 Å². The average Bonchev–Trinajstić information content (AvgIpc) is 2.71. The minimum absolute atomic E-state index is 0.141. The van der Waals surface area contributed by atoms with Crippen molar-refractivity contribution in [3.05, 3.63) is 76.0 Å². The van der Waals surface area contributed by atoms with E-state index in [1.807, 2.05) is 30.3 Å². The molecule has 0 bridgehead atoms. The van der Waals surface area contributed by atoms with E-state index >= 15 is 0 Å². The average molecular weight is 416 g/mol. The van der Waals surface area contributed by atoms with E-state index in [1.165, 1.54) is 17.8 Å². The van der Waals surface area contributed by atoms with E-state index < -0.39 is 0 Å². The quantitative estimate of drug-likeness (QED) is 0.335. The Balaban J connectivity index is 1.46. The summed E-state index contributed by atoms with van der Waals surface area (Å²) in [5.41, 5.74) is 1.16. The molecule has 28 heavy (non-hydrogen) atoms. The fourth-order valence-corrected chi connectivity index (χ4v) is 3.17. The molecule has 144 valence electrons. The molecule has 1 amide bonds. The van der Waals surface area contributed by atoms with Crippen LogP contribution in [0.1, 0.15) is 0 Å². The molecule has 0 unspecified atom stereocenters. The van der Waals surface area contributed by atoms with Crippen LogP contribution in [0.3, 0.4) is 0 Å². The number of aromatic nitrogens is 2. The van der Waals surface area contributed by atoms with Gasteiger partial charge in [0.15, 0.2) is 5.16 Å². The first kappa shape index (κ1) is 20.0. The molecule has 2 N–H and O–H groups in total. The highest BCUT2D eigenvalue weighted by Crippen LogP contribution is 2.18. The summed E-state index contributed by atoms with van der Waals surface area (Å²) in [6.07, 6.45) is 0. The first-order chi connectivity index (χ1) is 13.6. The van der Waals surface area contributed by atoms with Crippen LogP contribution in [0, 0.1) is 0 Å². The predicted molar refractivity (Wildman–Crippen MR) is 111 cm³/mol. The van der Waals surface area contributed by atoms with Crippen LogP contribution in [0.4, 0.5) is 0 Å². The molecule has 0 aliphatic heterocycles. The zero-order valence-corrected chi connectivity index (χ0v) is 16.4. The number of carbonyl (C=O) groups excluding carboxylic acids is 1. The van der Waals surface area contributed by atoms with E-state index in [0.29, 0.717) is 34.8 Å². The molecule has 3 rings (SSSR count). The number of thioether (sulfide) groups is 1. The Morgan fingerprint density at radius 2 is 1.89 bits per heavy atom. The lowest BCUT2D eigenvalue weighted by Gasteiger charge is -2.08. The zero-order valence-electron chi connectivity index (χ0n) is 14.9. The van der Waals surface area contributed by atoms with Gasteiger partial charge in [-0.25, -0.2) is 4.98 Å². The summed E-state index contributed by atoms with van der Waals surface area (Å²) >= 11 is 6.99. The molecule has 1 heterocycles. The number of hydrogen-bond donors (Lipinski definition) is 2. The number of halogens is 1. The normalized spacial score (nSPS) is 10.5. The molecule has 0 saturated heterocycles. The minimum Gasteiger partial charge on any atom is -0.492 e. The van der Waals surface area contributed by atoms with E-state index in [4.69, 9.17) is 16.3 Å². The number of benzene rings is 2. The molecule has 0 saturated carbocycles. The SMILES string of the molecule is O=C(CSc1nc(-c2ccccc2)cc(=O)[nH]1)NCCOc1ccc(Cl)cc1. The summed E-state index contributed by atoms with van der Waals surface area (Å²) in [5.74, 6) is 0.660. The van der Waals surface area contributed by atoms with Crippen LogP contribution in [0.25, 0.3) is 11.3 Å². The largest absolute Gasteiger partial charge is 0.492 e. The van der Waals surface area contributed by atoms with Crippen molar-refractivity contribution >= 4 is 29.3 Å². The highest BCUT2D eigenvalue weighted by Gasteiger charge is 2.07. The van der Waals surface area contributed by atoms with Gasteiger partial charge in [0.25, 0.3) is 5.56 Å². The molecule has 0 fully saturated rings. The molecule has 0 aliphatic rings. The van der Waals surface area contributed by atoms with Gasteiger partial charge in [-0.1, -0.05) is 53.7 Å². The number of nitrogens with zero attached hydrogens (tertiary/aromatic N) is 1. The van der Waals surface area contributed by atoms with Crippen molar-refractivity contribution in [1.29, 1.82) is 0 Å². The van der Waals surface area contributed by atoms with Crippen molar-refractivity contribution in [2.75, 3.05) is 18.9 Å². The topological polar surface area (TPSA) is 84.1 Å². The second kappa shape index (κ2) is 9.96. The van der Waals surface area contributed by atoms with Gasteiger partial charge in [-0.05, 0) is 24.3 Å². The van der Waals surface area contributed by atoms with E-state index in [-0.39, 0.29) is 17.2 Å². The highest BCUT2D eigenvalue weighted by atomic mass is 35.5. The van der Waals surface area contributed by atoms with Gasteiger partial charge in [-0.15, -0.1) is 0 Å². The lowest BCUT2D eigenvalue weighted by molar-refractivity contribution is -0.118. The lowest BCUT2D eigenvalue weighted by Crippen LogP contribution is -2.29. The zero-order chi connectivity index (χ0) is 19.8. The van der Waals surface area contributed by atoms with Crippen molar-refractivity contribution < 1.29 is 9.53 Å². The molecular formula is C20H18ClN3O3S. The molecule has 0 radical (unpaired) electrons. The number of nitrogens with one attached hydrogen (secondary N) is 2. The van der Waals surface area contributed by atoms with Gasteiger partial charge < -0.3 is 15.0 Å². The van der Waals surface area contributed by atoms with Gasteiger partial charge in [-0.3, -0.25) is 9.59 Å². The van der Waals surface area contributed by atoms with Gasteiger partial charge in [0.05, 0.1) is 18.0 Å². The van der Waals surface area contributed by atoms with Crippen molar-refractivity contribution in [3.63, 3.8) is 0 Å². The van der Waals surface area contributed by atoms with E-state index in [0.717, 1.165) is 5.56 Å². The van der Waals surface area contributed by atoms with Crippen LogP contribution in [-0.2, 0) is 4.79 Å². The third-order valence-corrected chi connectivity index (χ3v) is 4.76. The summed E-state index contributed by atoms with van der Waals surface area (Å²) in [5, 5.41) is 3.81. The summed E-state index contributed by atoms with van der Waals surface area (Å²) in [4.78, 5) is 30.9. The Bertz CT molecular complexity index is 978. The Morgan fingerprint density at radius 1 is 1.14 bits per heavy atom. The van der Waals surface area contributed by atoms with Gasteiger partial charge >= 0.3 is 0 Å². The third-order valence-electron chi connectivity index (χ3n) is 3.64. The van der Waals surface area contributed by atoms with Crippen LogP contribution in [0.5, 0.6) is 5.75 Å². The molecular weight excluding hydrogens is 398 g/mol. The maximum atomic E-state index is 12.0. The van der Waals surface area contributed by atoms with E-state index in [2.05, 4.69) is 15.3 Å². The maximum absolute atomic E-state index is 12.0. The minimum atomic E-state index is -0.256. The second-order valence-corrected chi connectivity index (χ2v) is 7.14. The lowest BCUT2D eigenvalue weighted by atomic mass is 10.1. The molecule has 1 aromatic heterocycles. The summed E-state index contributed by atoms with van der Waals surface area (Å²) in [7, 11) is 0. The van der Waals surface area contributed by atoms with Gasteiger partial charge in [0.1, 0.15) is 12.4 Å². The van der Waals surface area contributed by atoms with Crippen LogP contribution in [0.15, 0.2) is 70.6 Å². The van der Waals surface area contributed by atoms with Crippen molar-refractivity contribution in [1.82, 2.24) is 15.3 Å². The number of amides is 1. The molecule has 0 aliphatic carbocycles. The molecule has 0 atom stereocenters. The smallest absolute Gasteiger partial charge is 0.252 e. The van der Waals surface area contributed by atoms with Crippen molar-refractivity contribution in [2.45, 2.75) is 5.16 Å². The first-order valence-electron chi connectivity index (χ1n) is 8.55. The molecule has 3 aromatic rings. The number of ether oxygens (including phenoxy) is 1. The van der Waals surface area contributed by atoms with Crippen LogP contribution in [0.2, 0.25) is 5.02 Å². The third kappa shape index (κ3) is 6.14. The number of H-pyrrole nitrogens is 1. The van der Waals surface area contributed by atoms with E-state index in [1.54, 1.807) is 24.3 Å². The number of hydrogen-bond acceptors (Lipinski definition) is 5. The van der Waals surface area contributed by atoms with Gasteiger partial charge in [0.2, 0.25) is 5.91 Å². The van der Waals surface area contributed by atoms with Crippen LogP contribution < -0.4 is 15.6 Å². The molecule has 2 aromatic carbocycles. The van der Waals surface area contributed by atoms with Gasteiger partial charge in [-0.2, -0.15) is 0 Å². The van der Waals surface area contributed by atoms with E-state index in [9.17, 15) is 9.59 Å². The fourth-order valence-electron chi connectivity index (χ4n) is 2.34. The fraction of sp³-hybridized carbons (Fsp3) is 0.150. The Hall–Kier alpha value is -2.77. The monoisotopic (exact) mass is 415 g/mol. The van der Waals surface area contributed by atoms with Crippen molar-refractivity contribution in [2.24, 2.45) is 0 Å². The number of rotatable bonds is 8. The number of carbonyl (C=O) groups is 1. The second-order valence-electron chi connectivity index (χ2n) is 5.74. The van der Waals surface area contributed by atoms with Crippen molar-refractivity contribution in [3.8, 4) is 17.0 Å². The van der Waals surface area contributed by atoms with Gasteiger partial charge in [0, 0.05) is 16.7 Å². The Kier molecular flexibility index (Phi) is 7.11. The Morgan fingerprint density at radius 3 is 2.64 bits per heavy atom. The predicted octanol–water partition coefficient (Wildman–Crippen LogP) is 3.38. The first-order valence-corrected chi connectivity index (χ1v) is 9.91. The summed E-state index contributed by atoms with van der Waals surface area (Å²) < 4.78 is 5.51. The number of aromatic amines is 1. The van der Waals surface area contributed by atoms with Crippen LogP contribution >= 0.6 is 23.4 Å². The molecule has 6 nitrogen and oxygen atoms in total. The highest BCUT2D eigenvalue weighted by molar-refractivity contribution is 7.99. The molecule has 0 spiro atoms. The van der Waals surface area contributed by atoms with Crippen LogP contribution in [-0.4, -0.2) is 34.8 Å². The molecule has 8 heteroatoms. The maximum Gasteiger partial charge on any atom is 0.252 e.